The highest BCUT2D eigenvalue weighted by Crippen LogP contribution is 2.20. The smallest absolute Gasteiger partial charge is 0.226 e. The molecule has 0 fully saturated rings. The first kappa shape index (κ1) is 19.8. The third-order valence-electron chi connectivity index (χ3n) is 3.37. The molecule has 7 heteroatoms. The quantitative estimate of drug-likeness (QED) is 0.409. The van der Waals surface area contributed by atoms with Gasteiger partial charge in [-0.15, -0.1) is 0 Å². The van der Waals surface area contributed by atoms with Crippen LogP contribution in [0.1, 0.15) is 58.7 Å². The maximum atomic E-state index is 5.25. The second-order valence-corrected chi connectivity index (χ2v) is 7.90. The van der Waals surface area contributed by atoms with Crippen molar-refractivity contribution < 1.29 is 4.52 Å². The molecule has 132 valence electrons. The van der Waals surface area contributed by atoms with E-state index in [9.17, 15) is 0 Å². The van der Waals surface area contributed by atoms with Crippen molar-refractivity contribution in [1.29, 1.82) is 0 Å². The number of rotatable bonds is 9. The fourth-order valence-electron chi connectivity index (χ4n) is 1.73. The van der Waals surface area contributed by atoms with E-state index in [1.807, 2.05) is 11.8 Å². The molecule has 0 unspecified atom stereocenters. The number of thioether (sulfide) groups is 1. The molecular weight excluding hydrogens is 310 g/mol. The highest BCUT2D eigenvalue weighted by Gasteiger charge is 2.15. The number of nitrogens with zero attached hydrogens (tertiary/aromatic N) is 3. The van der Waals surface area contributed by atoms with Crippen LogP contribution in [0, 0.1) is 0 Å². The van der Waals surface area contributed by atoms with Gasteiger partial charge in [-0.05, 0) is 33.4 Å². The van der Waals surface area contributed by atoms with Gasteiger partial charge in [0.2, 0.25) is 5.89 Å². The Bertz CT molecular complexity index is 485. The summed E-state index contributed by atoms with van der Waals surface area (Å²) in [7, 11) is 0. The molecule has 1 aromatic heterocycles. The Morgan fingerprint density at radius 3 is 2.65 bits per heavy atom. The monoisotopic (exact) mass is 341 g/mol. The predicted octanol–water partition coefficient (Wildman–Crippen LogP) is 2.82. The summed E-state index contributed by atoms with van der Waals surface area (Å²) in [4.78, 5) is 9.04. The van der Waals surface area contributed by atoms with Gasteiger partial charge in [0.1, 0.15) is 0 Å². The molecule has 0 aliphatic heterocycles. The molecule has 0 saturated heterocycles. The molecule has 0 bridgehead atoms. The fourth-order valence-corrected chi connectivity index (χ4v) is 1.92. The molecule has 0 saturated carbocycles. The van der Waals surface area contributed by atoms with E-state index in [0.717, 1.165) is 44.3 Å². The molecule has 1 heterocycles. The molecule has 0 radical (unpaired) electrons. The Morgan fingerprint density at radius 2 is 2.09 bits per heavy atom. The van der Waals surface area contributed by atoms with Crippen molar-refractivity contribution in [2.45, 2.75) is 58.1 Å². The lowest BCUT2D eigenvalue weighted by atomic mass is 10.2. The molecule has 0 amide bonds. The van der Waals surface area contributed by atoms with Crippen LogP contribution >= 0.6 is 11.8 Å². The SMILES string of the molecule is CCNC(=NCC(C)(C)SC)NCCCc1nc(C(C)C)no1. The van der Waals surface area contributed by atoms with Crippen LogP contribution in [0.5, 0.6) is 0 Å². The van der Waals surface area contributed by atoms with Crippen molar-refractivity contribution >= 4 is 17.7 Å². The third-order valence-corrected chi connectivity index (χ3v) is 4.61. The highest BCUT2D eigenvalue weighted by atomic mass is 32.2. The molecular formula is C16H31N5OS. The first-order chi connectivity index (χ1) is 10.9. The van der Waals surface area contributed by atoms with E-state index in [1.54, 1.807) is 0 Å². The minimum atomic E-state index is 0.152. The molecule has 2 N–H and O–H groups in total. The van der Waals surface area contributed by atoms with Gasteiger partial charge < -0.3 is 15.2 Å². The van der Waals surface area contributed by atoms with Gasteiger partial charge in [-0.2, -0.15) is 16.7 Å². The van der Waals surface area contributed by atoms with Gasteiger partial charge in [0.25, 0.3) is 0 Å². The van der Waals surface area contributed by atoms with Crippen molar-refractivity contribution in [3.05, 3.63) is 11.7 Å². The lowest BCUT2D eigenvalue weighted by Crippen LogP contribution is -2.39. The average Bonchev–Trinajstić information content (AvgIpc) is 2.98. The van der Waals surface area contributed by atoms with Gasteiger partial charge in [-0.25, -0.2) is 0 Å². The number of hydrogen-bond donors (Lipinski definition) is 2. The molecule has 0 spiro atoms. The van der Waals surface area contributed by atoms with Crippen LogP contribution in [-0.4, -0.2) is 46.7 Å². The van der Waals surface area contributed by atoms with E-state index < -0.39 is 0 Å². The van der Waals surface area contributed by atoms with Crippen LogP contribution in [0.15, 0.2) is 9.52 Å². The van der Waals surface area contributed by atoms with E-state index in [2.05, 4.69) is 66.6 Å². The third kappa shape index (κ3) is 7.72. The van der Waals surface area contributed by atoms with Crippen molar-refractivity contribution in [3.8, 4) is 0 Å². The number of guanidine groups is 1. The second-order valence-electron chi connectivity index (χ2n) is 6.39. The molecule has 1 aromatic rings. The summed E-state index contributed by atoms with van der Waals surface area (Å²) >= 11 is 1.83. The average molecular weight is 342 g/mol. The Labute approximate surface area is 144 Å². The molecule has 0 aromatic carbocycles. The topological polar surface area (TPSA) is 75.3 Å². The summed E-state index contributed by atoms with van der Waals surface area (Å²) in [5, 5.41) is 10.6. The standard InChI is InChI=1S/C16H31N5OS/c1-7-17-15(19-11-16(4,5)23-6)18-10-8-9-13-20-14(12(2)3)21-22-13/h12H,7-11H2,1-6H3,(H2,17,18,19). The number of hydrogen-bond acceptors (Lipinski definition) is 5. The second kappa shape index (κ2) is 9.80. The Balaban J connectivity index is 2.38. The van der Waals surface area contributed by atoms with Crippen LogP contribution < -0.4 is 10.6 Å². The van der Waals surface area contributed by atoms with Gasteiger partial charge >= 0.3 is 0 Å². The number of aromatic nitrogens is 2. The van der Waals surface area contributed by atoms with Gasteiger partial charge in [-0.1, -0.05) is 19.0 Å². The van der Waals surface area contributed by atoms with Crippen molar-refractivity contribution in [3.63, 3.8) is 0 Å². The molecule has 6 nitrogen and oxygen atoms in total. The summed E-state index contributed by atoms with van der Waals surface area (Å²) in [5.74, 6) is 2.66. The molecule has 0 aliphatic carbocycles. The Morgan fingerprint density at radius 1 is 1.35 bits per heavy atom. The van der Waals surface area contributed by atoms with E-state index >= 15 is 0 Å². The van der Waals surface area contributed by atoms with E-state index in [1.165, 1.54) is 0 Å². The van der Waals surface area contributed by atoms with E-state index in [0.29, 0.717) is 11.8 Å². The molecule has 0 aliphatic rings. The van der Waals surface area contributed by atoms with Gasteiger partial charge in [-0.3, -0.25) is 4.99 Å². The van der Waals surface area contributed by atoms with Crippen LogP contribution in [0.4, 0.5) is 0 Å². The summed E-state index contributed by atoms with van der Waals surface area (Å²) in [5.41, 5.74) is 0. The maximum absolute atomic E-state index is 5.25. The summed E-state index contributed by atoms with van der Waals surface area (Å²) in [6, 6.07) is 0. The summed E-state index contributed by atoms with van der Waals surface area (Å²) in [6.45, 7) is 13.1. The zero-order valence-corrected chi connectivity index (χ0v) is 16.1. The van der Waals surface area contributed by atoms with Crippen LogP contribution in [-0.2, 0) is 6.42 Å². The lowest BCUT2D eigenvalue weighted by molar-refractivity contribution is 0.368. The summed E-state index contributed by atoms with van der Waals surface area (Å²) in [6.07, 6.45) is 3.82. The largest absolute Gasteiger partial charge is 0.357 e. The van der Waals surface area contributed by atoms with Crippen molar-refractivity contribution in [1.82, 2.24) is 20.8 Å². The van der Waals surface area contributed by atoms with Crippen molar-refractivity contribution in [2.24, 2.45) is 4.99 Å². The maximum Gasteiger partial charge on any atom is 0.226 e. The van der Waals surface area contributed by atoms with E-state index in [4.69, 9.17) is 4.52 Å². The summed E-state index contributed by atoms with van der Waals surface area (Å²) < 4.78 is 5.40. The number of aliphatic imine (C=N–C) groups is 1. The van der Waals surface area contributed by atoms with Crippen LogP contribution in [0.25, 0.3) is 0 Å². The minimum absolute atomic E-state index is 0.152. The first-order valence-electron chi connectivity index (χ1n) is 8.27. The van der Waals surface area contributed by atoms with Gasteiger partial charge in [0.05, 0.1) is 6.54 Å². The predicted molar refractivity (Wildman–Crippen MR) is 98.3 cm³/mol. The fraction of sp³-hybridized carbons (Fsp3) is 0.812. The van der Waals surface area contributed by atoms with Crippen LogP contribution in [0.2, 0.25) is 0 Å². The first-order valence-corrected chi connectivity index (χ1v) is 9.50. The van der Waals surface area contributed by atoms with Gasteiger partial charge in [0, 0.05) is 30.2 Å². The van der Waals surface area contributed by atoms with Crippen LogP contribution in [0.3, 0.4) is 0 Å². The molecule has 1 rings (SSSR count). The van der Waals surface area contributed by atoms with Gasteiger partial charge in [0.15, 0.2) is 11.8 Å². The number of aryl methyl sites for hydroxylation is 1. The highest BCUT2D eigenvalue weighted by molar-refractivity contribution is 7.99. The lowest BCUT2D eigenvalue weighted by Gasteiger charge is -2.20. The normalized spacial score (nSPS) is 12.7. The Hall–Kier alpha value is -1.24. The minimum Gasteiger partial charge on any atom is -0.357 e. The molecule has 23 heavy (non-hydrogen) atoms. The van der Waals surface area contributed by atoms with Crippen molar-refractivity contribution in [2.75, 3.05) is 25.9 Å². The Kier molecular flexibility index (Phi) is 8.44. The number of nitrogens with one attached hydrogen (secondary N) is 2. The zero-order valence-electron chi connectivity index (χ0n) is 15.3. The zero-order chi connectivity index (χ0) is 17.3. The molecule has 0 atom stereocenters. The van der Waals surface area contributed by atoms with E-state index in [-0.39, 0.29) is 4.75 Å².